The highest BCUT2D eigenvalue weighted by molar-refractivity contribution is 7.93. The maximum Gasteiger partial charge on any atom is 0.253 e. The van der Waals surface area contributed by atoms with Crippen LogP contribution < -0.4 is 9.46 Å². The van der Waals surface area contributed by atoms with Crippen molar-refractivity contribution in [1.82, 2.24) is 24.8 Å². The van der Waals surface area contributed by atoms with Gasteiger partial charge in [-0.25, -0.2) is 23.4 Å². The normalized spacial score (nSPS) is 15.2. The Morgan fingerprint density at radius 2 is 1.80 bits per heavy atom. The van der Waals surface area contributed by atoms with Crippen molar-refractivity contribution in [3.8, 4) is 17.1 Å². The number of ether oxygens (including phenoxy) is 1. The highest BCUT2D eigenvalue weighted by atomic mass is 32.2. The van der Waals surface area contributed by atoms with E-state index in [0.717, 1.165) is 55.6 Å². The number of hydrogen-bond acceptors (Lipinski definition) is 8. The third kappa shape index (κ3) is 6.72. The molecule has 1 saturated carbocycles. The van der Waals surface area contributed by atoms with Crippen LogP contribution >= 0.6 is 0 Å². The molecular formula is C24H30N6O4S. The summed E-state index contributed by atoms with van der Waals surface area (Å²) in [6.07, 6.45) is 9.96. The second-order valence-corrected chi connectivity index (χ2v) is 10.1. The van der Waals surface area contributed by atoms with Crippen molar-refractivity contribution in [3.63, 3.8) is 0 Å². The van der Waals surface area contributed by atoms with Crippen LogP contribution in [0.15, 0.2) is 55.1 Å². The summed E-state index contributed by atoms with van der Waals surface area (Å²) >= 11 is 0. The Labute approximate surface area is 206 Å². The molecule has 0 unspecified atom stereocenters. The highest BCUT2D eigenvalue weighted by Crippen LogP contribution is 2.28. The molecule has 1 amide bonds. The van der Waals surface area contributed by atoms with Crippen LogP contribution in [-0.4, -0.2) is 64.1 Å². The maximum absolute atomic E-state index is 12.3. The van der Waals surface area contributed by atoms with Crippen molar-refractivity contribution in [2.45, 2.75) is 37.9 Å². The Kier molecular flexibility index (Phi) is 7.86. The quantitative estimate of drug-likeness (QED) is 0.525. The zero-order valence-corrected chi connectivity index (χ0v) is 20.3. The number of nitrogens with one attached hydrogen (secondary N) is 1. The summed E-state index contributed by atoms with van der Waals surface area (Å²) < 4.78 is 30.4. The van der Waals surface area contributed by atoms with Gasteiger partial charge in [0.05, 0.1) is 29.9 Å². The number of likely N-dealkylation sites (tertiary alicyclic amines) is 1. The minimum Gasteiger partial charge on any atom is -0.477 e. The molecule has 5 rings (SSSR count). The molecule has 2 fully saturated rings. The molecular weight excluding hydrogens is 468 g/mol. The number of aromatic nitrogens is 4. The van der Waals surface area contributed by atoms with Gasteiger partial charge in [0.25, 0.3) is 5.91 Å². The molecule has 35 heavy (non-hydrogen) atoms. The van der Waals surface area contributed by atoms with Gasteiger partial charge in [-0.05, 0) is 50.8 Å². The second-order valence-electron chi connectivity index (χ2n) is 8.17. The fourth-order valence-corrected chi connectivity index (χ4v) is 4.81. The zero-order chi connectivity index (χ0) is 24.7. The lowest BCUT2D eigenvalue weighted by molar-refractivity contribution is 0.0793. The SMILES string of the molecule is CCOc1cncc(-c2ccc(C(=O)N3CCCC3)cc2)n1.O=S(=O)(Nc1ncccn1)C1CC1.[HH]. The van der Waals surface area contributed by atoms with Crippen LogP contribution in [0.2, 0.25) is 0 Å². The zero-order valence-electron chi connectivity index (χ0n) is 19.5. The van der Waals surface area contributed by atoms with Crippen LogP contribution in [-0.2, 0) is 10.0 Å². The fourth-order valence-electron chi connectivity index (χ4n) is 3.53. The van der Waals surface area contributed by atoms with Gasteiger partial charge in [0.15, 0.2) is 0 Å². The lowest BCUT2D eigenvalue weighted by atomic mass is 10.1. The molecule has 1 aliphatic heterocycles. The summed E-state index contributed by atoms with van der Waals surface area (Å²) in [5.41, 5.74) is 2.39. The standard InChI is InChI=1S/C17H19N3O2.C7H9N3O2S.H2/c1-2-22-16-12-18-11-15(19-16)13-5-7-14(8-6-13)17(21)20-9-3-4-10-20;11-13(12,6-2-3-6)10-7-8-4-1-5-9-7;/h5-8,11-12H,2-4,9-10H2,1H3;1,4-6H,2-3H2,(H,8,9,10);1H. The second kappa shape index (κ2) is 11.2. The Balaban J connectivity index is 0.000000221. The minimum absolute atomic E-state index is 0. The minimum atomic E-state index is -3.22. The molecule has 0 bridgehead atoms. The molecule has 11 heteroatoms. The van der Waals surface area contributed by atoms with Gasteiger partial charge in [0.1, 0.15) is 0 Å². The number of anilines is 1. The average Bonchev–Trinajstić information content (AvgIpc) is 3.61. The number of carbonyl (C=O) groups is 1. The summed E-state index contributed by atoms with van der Waals surface area (Å²) in [6, 6.07) is 9.15. The number of amides is 1. The van der Waals surface area contributed by atoms with Gasteiger partial charge < -0.3 is 9.64 Å². The number of carbonyl (C=O) groups excluding carboxylic acids is 1. The topological polar surface area (TPSA) is 127 Å². The molecule has 3 aromatic rings. The first-order chi connectivity index (χ1) is 17.0. The van der Waals surface area contributed by atoms with Gasteiger partial charge in [0.2, 0.25) is 21.9 Å². The van der Waals surface area contributed by atoms with Crippen LogP contribution in [0, 0.1) is 0 Å². The number of nitrogens with zero attached hydrogens (tertiary/aromatic N) is 5. The van der Waals surface area contributed by atoms with Crippen molar-refractivity contribution in [1.29, 1.82) is 0 Å². The molecule has 3 heterocycles. The van der Waals surface area contributed by atoms with E-state index in [2.05, 4.69) is 24.7 Å². The molecule has 2 aromatic heterocycles. The summed E-state index contributed by atoms with van der Waals surface area (Å²) in [6.45, 7) is 4.19. The van der Waals surface area contributed by atoms with E-state index in [1.807, 2.05) is 36.1 Å². The Morgan fingerprint density at radius 1 is 1.11 bits per heavy atom. The van der Waals surface area contributed by atoms with Gasteiger partial charge in [-0.1, -0.05) is 12.1 Å². The summed E-state index contributed by atoms with van der Waals surface area (Å²) in [4.78, 5) is 30.3. The highest BCUT2D eigenvalue weighted by Gasteiger charge is 2.36. The largest absolute Gasteiger partial charge is 0.477 e. The number of rotatable bonds is 7. The van der Waals surface area contributed by atoms with Crippen molar-refractivity contribution < 1.29 is 19.4 Å². The van der Waals surface area contributed by atoms with Crippen molar-refractivity contribution in [2.24, 2.45) is 0 Å². The summed E-state index contributed by atoms with van der Waals surface area (Å²) in [5, 5.41) is -0.240. The Hall–Kier alpha value is -3.60. The molecule has 0 atom stereocenters. The van der Waals surface area contributed by atoms with E-state index in [1.165, 1.54) is 12.4 Å². The number of hydrogen-bond donors (Lipinski definition) is 1. The Bertz CT molecular complexity index is 1230. The number of benzene rings is 1. The number of sulfonamides is 1. The predicted molar refractivity (Wildman–Crippen MR) is 133 cm³/mol. The van der Waals surface area contributed by atoms with Gasteiger partial charge in [0, 0.05) is 38.0 Å². The smallest absolute Gasteiger partial charge is 0.253 e. The van der Waals surface area contributed by atoms with Crippen molar-refractivity contribution in [2.75, 3.05) is 24.4 Å². The van der Waals surface area contributed by atoms with Gasteiger partial charge >= 0.3 is 0 Å². The molecule has 0 spiro atoms. The van der Waals surface area contributed by atoms with E-state index in [9.17, 15) is 13.2 Å². The van der Waals surface area contributed by atoms with Crippen LogP contribution in [0.5, 0.6) is 5.88 Å². The molecule has 2 aliphatic rings. The van der Waals surface area contributed by atoms with Crippen LogP contribution in [0.1, 0.15) is 44.4 Å². The molecule has 0 radical (unpaired) electrons. The van der Waals surface area contributed by atoms with Gasteiger partial charge in [-0.3, -0.25) is 14.5 Å². The van der Waals surface area contributed by atoms with Gasteiger partial charge in [-0.15, -0.1) is 0 Å². The third-order valence-corrected chi connectivity index (χ3v) is 7.30. The molecule has 10 nitrogen and oxygen atoms in total. The van der Waals surface area contributed by atoms with E-state index >= 15 is 0 Å². The maximum atomic E-state index is 12.3. The summed E-state index contributed by atoms with van der Waals surface area (Å²) in [7, 11) is -3.22. The fraction of sp³-hybridized carbons (Fsp3) is 0.375. The van der Waals surface area contributed by atoms with E-state index in [0.29, 0.717) is 12.5 Å². The molecule has 1 N–H and O–H groups in total. The van der Waals surface area contributed by atoms with Crippen molar-refractivity contribution in [3.05, 3.63) is 60.7 Å². The first kappa shape index (κ1) is 24.5. The van der Waals surface area contributed by atoms with Crippen molar-refractivity contribution >= 4 is 21.9 Å². The first-order valence-electron chi connectivity index (χ1n) is 11.6. The van der Waals surface area contributed by atoms with Gasteiger partial charge in [-0.2, -0.15) is 0 Å². The Morgan fingerprint density at radius 3 is 2.43 bits per heavy atom. The lowest BCUT2D eigenvalue weighted by Gasteiger charge is -2.15. The molecule has 186 valence electrons. The molecule has 1 saturated heterocycles. The monoisotopic (exact) mass is 498 g/mol. The van der Waals surface area contributed by atoms with Crippen LogP contribution in [0.3, 0.4) is 0 Å². The van der Waals surface area contributed by atoms with E-state index in [4.69, 9.17) is 4.74 Å². The van der Waals surface area contributed by atoms with E-state index in [1.54, 1.807) is 18.5 Å². The lowest BCUT2D eigenvalue weighted by Crippen LogP contribution is -2.27. The van der Waals surface area contributed by atoms with Crippen LogP contribution in [0.25, 0.3) is 11.3 Å². The average molecular weight is 499 g/mol. The summed E-state index contributed by atoms with van der Waals surface area (Å²) in [5.74, 6) is 0.768. The molecule has 1 aliphatic carbocycles. The first-order valence-corrected chi connectivity index (χ1v) is 13.1. The van der Waals surface area contributed by atoms with E-state index in [-0.39, 0.29) is 18.5 Å². The third-order valence-electron chi connectivity index (χ3n) is 5.49. The van der Waals surface area contributed by atoms with Crippen LogP contribution in [0.4, 0.5) is 5.95 Å². The molecule has 1 aromatic carbocycles. The predicted octanol–water partition coefficient (Wildman–Crippen LogP) is 3.41. The van der Waals surface area contributed by atoms with E-state index < -0.39 is 10.0 Å².